The normalized spacial score (nSPS) is 21.9. The number of piperazine rings is 1. The van der Waals surface area contributed by atoms with Crippen molar-refractivity contribution in [3.05, 3.63) is 94.3 Å². The topological polar surface area (TPSA) is 120 Å². The van der Waals surface area contributed by atoms with Crippen LogP contribution in [0.3, 0.4) is 0 Å². The number of aliphatic hydroxyl groups excluding tert-OH is 1. The Labute approximate surface area is 304 Å². The molecule has 3 fully saturated rings. The summed E-state index contributed by atoms with van der Waals surface area (Å²) in [6, 6.07) is 15.3. The molecule has 0 spiro atoms. The lowest BCUT2D eigenvalue weighted by Crippen LogP contribution is -2.45. The van der Waals surface area contributed by atoms with Gasteiger partial charge in [0.15, 0.2) is 0 Å². The Kier molecular flexibility index (Phi) is 10.6. The predicted molar refractivity (Wildman–Crippen MR) is 189 cm³/mol. The first-order valence-electron chi connectivity index (χ1n) is 18.1. The lowest BCUT2D eigenvalue weighted by molar-refractivity contribution is -0.138. The van der Waals surface area contributed by atoms with Crippen LogP contribution in [0.25, 0.3) is 11.0 Å². The minimum absolute atomic E-state index is 0.000599. The number of benzene rings is 3. The summed E-state index contributed by atoms with van der Waals surface area (Å²) >= 11 is 0. The van der Waals surface area contributed by atoms with E-state index in [0.717, 1.165) is 80.6 Å². The molecule has 1 atom stereocenters. The van der Waals surface area contributed by atoms with Crippen LogP contribution in [0, 0.1) is 11.7 Å². The number of aliphatic hydroxyl groups is 1. The third-order valence-corrected chi connectivity index (χ3v) is 10.8. The maximum Gasteiger partial charge on any atom is 0.416 e. The van der Waals surface area contributed by atoms with Gasteiger partial charge in [0.25, 0.3) is 5.91 Å². The van der Waals surface area contributed by atoms with Gasteiger partial charge in [-0.2, -0.15) is 13.2 Å². The Morgan fingerprint density at radius 3 is 2.21 bits per heavy atom. The molecule has 0 bridgehead atoms. The van der Waals surface area contributed by atoms with Crippen molar-refractivity contribution in [2.75, 3.05) is 38.1 Å². The van der Waals surface area contributed by atoms with E-state index in [1.807, 2.05) is 28.8 Å². The molecule has 280 valence electrons. The van der Waals surface area contributed by atoms with Gasteiger partial charge in [0.2, 0.25) is 17.8 Å². The Balaban J connectivity index is 1.02. The van der Waals surface area contributed by atoms with Gasteiger partial charge >= 0.3 is 6.18 Å². The molecular formula is C39H42F4N6O4. The number of nitrogens with one attached hydrogen (secondary N) is 2. The molecule has 2 aliphatic heterocycles. The van der Waals surface area contributed by atoms with Crippen molar-refractivity contribution < 1.29 is 37.1 Å². The highest BCUT2D eigenvalue weighted by Gasteiger charge is 2.32. The second kappa shape index (κ2) is 15.4. The zero-order valence-corrected chi connectivity index (χ0v) is 29.2. The van der Waals surface area contributed by atoms with Crippen molar-refractivity contribution >= 4 is 34.7 Å². The molecule has 4 aromatic rings. The van der Waals surface area contributed by atoms with Crippen LogP contribution in [0.15, 0.2) is 60.7 Å². The summed E-state index contributed by atoms with van der Waals surface area (Å²) in [5, 5.41) is 14.8. The number of piperidine rings is 1. The maximum absolute atomic E-state index is 15.1. The van der Waals surface area contributed by atoms with Crippen LogP contribution in [-0.2, 0) is 28.9 Å². The highest BCUT2D eigenvalue weighted by molar-refractivity contribution is 6.04. The van der Waals surface area contributed by atoms with Crippen molar-refractivity contribution in [3.63, 3.8) is 0 Å². The summed E-state index contributed by atoms with van der Waals surface area (Å²) < 4.78 is 57.2. The number of anilines is 1. The number of imide groups is 1. The molecule has 1 aliphatic carbocycles. The molecule has 14 heteroatoms. The fraction of sp³-hybridized carbons (Fsp3) is 0.436. The van der Waals surface area contributed by atoms with Crippen molar-refractivity contribution in [2.45, 2.75) is 69.8 Å². The van der Waals surface area contributed by atoms with E-state index < -0.39 is 35.3 Å². The maximum atomic E-state index is 15.1. The number of halogens is 4. The second-order valence-electron chi connectivity index (χ2n) is 14.4. The van der Waals surface area contributed by atoms with Gasteiger partial charge in [-0.15, -0.1) is 0 Å². The van der Waals surface area contributed by atoms with Crippen molar-refractivity contribution in [3.8, 4) is 0 Å². The molecule has 3 amide bonds. The van der Waals surface area contributed by atoms with Crippen molar-refractivity contribution in [1.82, 2.24) is 24.7 Å². The van der Waals surface area contributed by atoms with Gasteiger partial charge in [-0.25, -0.2) is 9.37 Å². The van der Waals surface area contributed by atoms with E-state index in [1.54, 1.807) is 6.07 Å². The number of amides is 3. The average Bonchev–Trinajstić information content (AvgIpc) is 3.49. The summed E-state index contributed by atoms with van der Waals surface area (Å²) in [6.07, 6.45) is -0.923. The van der Waals surface area contributed by atoms with Gasteiger partial charge in [-0.1, -0.05) is 24.3 Å². The third-order valence-electron chi connectivity index (χ3n) is 10.8. The molecule has 2 saturated heterocycles. The minimum Gasteiger partial charge on any atom is -0.396 e. The van der Waals surface area contributed by atoms with Crippen LogP contribution in [0.2, 0.25) is 0 Å². The number of rotatable bonds is 9. The second-order valence-corrected chi connectivity index (χ2v) is 14.4. The van der Waals surface area contributed by atoms with Crippen molar-refractivity contribution in [2.24, 2.45) is 5.92 Å². The largest absolute Gasteiger partial charge is 0.416 e. The van der Waals surface area contributed by atoms with Gasteiger partial charge < -0.3 is 9.67 Å². The number of nitrogens with zero attached hydrogens (tertiary/aromatic N) is 4. The van der Waals surface area contributed by atoms with E-state index >= 15 is 4.39 Å². The Bertz CT molecular complexity index is 2000. The van der Waals surface area contributed by atoms with Crippen LogP contribution in [0.4, 0.5) is 23.5 Å². The highest BCUT2D eigenvalue weighted by Crippen LogP contribution is 2.37. The Morgan fingerprint density at radius 2 is 1.57 bits per heavy atom. The zero-order chi connectivity index (χ0) is 37.3. The van der Waals surface area contributed by atoms with Crippen molar-refractivity contribution in [1.29, 1.82) is 0 Å². The number of fused-ring (bicyclic) bond motifs is 1. The van der Waals surface area contributed by atoms with Crippen LogP contribution in [0.5, 0.6) is 0 Å². The standard InChI is InChI=1S/C39H42F4N6O4/c40-32-18-25(6-10-30(32)31-11-13-35(51)45-37(31)53)21-47-14-16-48(17-15-47)22-26-7-12-34-33(19-26)44-38(49(34)29-8-4-24(23-50)5-9-29)46-36(52)27-2-1-3-28(20-27)39(41,42)43/h1-3,6-7,10,12,18-20,24,29,31,50H,4-5,8-9,11,13-17,21-23H2,(H,44,46,52)(H,45,51,53). The first-order chi connectivity index (χ1) is 25.4. The molecule has 3 heterocycles. The Hall–Kier alpha value is -4.66. The van der Waals surface area contributed by atoms with Crippen LogP contribution < -0.4 is 10.6 Å². The van der Waals surface area contributed by atoms with Gasteiger partial charge in [0.05, 0.1) is 22.5 Å². The molecule has 0 radical (unpaired) electrons. The molecule has 1 aromatic heterocycles. The van der Waals surface area contributed by atoms with Gasteiger partial charge in [0.1, 0.15) is 5.82 Å². The summed E-state index contributed by atoms with van der Waals surface area (Å²) in [7, 11) is 0. The summed E-state index contributed by atoms with van der Waals surface area (Å²) in [5.74, 6) is -2.09. The fourth-order valence-corrected chi connectivity index (χ4v) is 7.86. The van der Waals surface area contributed by atoms with Gasteiger partial charge in [-0.05, 0) is 85.5 Å². The first-order valence-corrected chi connectivity index (χ1v) is 18.1. The summed E-state index contributed by atoms with van der Waals surface area (Å²) in [4.78, 5) is 46.4. The molecule has 1 unspecified atom stereocenters. The number of alkyl halides is 3. The fourth-order valence-electron chi connectivity index (χ4n) is 7.86. The number of carbonyl (C=O) groups excluding carboxylic acids is 3. The third kappa shape index (κ3) is 8.29. The SMILES string of the molecule is O=C1CCC(c2ccc(CN3CCN(Cc4ccc5c(c4)nc(NC(=O)c4cccc(C(F)(F)F)c4)n5C4CCC(CO)CC4)CC3)cc2F)C(=O)N1. The minimum atomic E-state index is -4.58. The van der Waals surface area contributed by atoms with E-state index in [1.165, 1.54) is 18.2 Å². The Morgan fingerprint density at radius 1 is 0.887 bits per heavy atom. The molecule has 10 nitrogen and oxygen atoms in total. The van der Waals surface area contributed by atoms with E-state index in [2.05, 4.69) is 20.4 Å². The molecule has 1 saturated carbocycles. The monoisotopic (exact) mass is 734 g/mol. The van der Waals surface area contributed by atoms with E-state index in [4.69, 9.17) is 4.98 Å². The lowest BCUT2D eigenvalue weighted by Gasteiger charge is -2.34. The molecule has 3 aromatic carbocycles. The molecule has 3 N–H and O–H groups in total. The van der Waals surface area contributed by atoms with E-state index in [-0.39, 0.29) is 42.4 Å². The predicted octanol–water partition coefficient (Wildman–Crippen LogP) is 6.01. The molecule has 53 heavy (non-hydrogen) atoms. The van der Waals surface area contributed by atoms with E-state index in [9.17, 15) is 32.7 Å². The van der Waals surface area contributed by atoms with Gasteiger partial charge in [0, 0.05) is 69.5 Å². The number of hydrogen-bond donors (Lipinski definition) is 3. The highest BCUT2D eigenvalue weighted by atomic mass is 19.4. The average molecular weight is 735 g/mol. The number of hydrogen-bond acceptors (Lipinski definition) is 7. The van der Waals surface area contributed by atoms with E-state index in [0.29, 0.717) is 30.6 Å². The summed E-state index contributed by atoms with van der Waals surface area (Å²) in [6.45, 7) is 4.47. The number of carbonyl (C=O) groups is 3. The number of imidazole rings is 1. The van der Waals surface area contributed by atoms with Crippen LogP contribution in [-0.4, -0.2) is 75.0 Å². The zero-order valence-electron chi connectivity index (χ0n) is 29.2. The molecule has 3 aliphatic rings. The van der Waals surface area contributed by atoms with Crippen LogP contribution in [0.1, 0.15) is 83.1 Å². The molecule has 7 rings (SSSR count). The number of aromatic nitrogens is 2. The van der Waals surface area contributed by atoms with Gasteiger partial charge in [-0.3, -0.25) is 34.8 Å². The smallest absolute Gasteiger partial charge is 0.396 e. The van der Waals surface area contributed by atoms with Crippen LogP contribution >= 0.6 is 0 Å². The quantitative estimate of drug-likeness (QED) is 0.143. The molecular weight excluding hydrogens is 692 g/mol. The first kappa shape index (κ1) is 36.7. The lowest BCUT2D eigenvalue weighted by atomic mass is 9.86. The summed E-state index contributed by atoms with van der Waals surface area (Å²) in [5.41, 5.74) is 2.63.